The van der Waals surface area contributed by atoms with Gasteiger partial charge >= 0.3 is 0 Å². The second kappa shape index (κ2) is 8.06. The molecule has 1 N–H and O–H groups in total. The maximum absolute atomic E-state index is 12.9. The molecule has 0 saturated carbocycles. The molecule has 0 spiro atoms. The van der Waals surface area contributed by atoms with Crippen molar-refractivity contribution in [2.75, 3.05) is 5.32 Å². The summed E-state index contributed by atoms with van der Waals surface area (Å²) in [7, 11) is 0. The lowest BCUT2D eigenvalue weighted by Crippen LogP contribution is -2.14. The fourth-order valence-electron chi connectivity index (χ4n) is 2.89. The first-order chi connectivity index (χ1) is 14.0. The average Bonchev–Trinajstić information content (AvgIpc) is 3.29. The van der Waals surface area contributed by atoms with Crippen molar-refractivity contribution >= 4 is 34.9 Å². The number of carbonyl (C=O) groups is 1. The van der Waals surface area contributed by atoms with Crippen LogP contribution in [0.4, 0.5) is 5.82 Å². The number of anilines is 1. The molecule has 0 aliphatic rings. The normalized spacial score (nSPS) is 10.9. The number of rotatable bonds is 5. The van der Waals surface area contributed by atoms with Gasteiger partial charge in [0.05, 0.1) is 22.3 Å². The Morgan fingerprint density at radius 2 is 1.93 bits per heavy atom. The fourth-order valence-corrected chi connectivity index (χ4v) is 3.46. The molecule has 0 unspecified atom stereocenters. The molecule has 146 valence electrons. The summed E-state index contributed by atoms with van der Waals surface area (Å²) in [5.74, 6) is 0.321. The van der Waals surface area contributed by atoms with Crippen LogP contribution in [0.1, 0.15) is 21.8 Å². The molecule has 1 aromatic carbocycles. The number of amides is 1. The van der Waals surface area contributed by atoms with E-state index < -0.39 is 5.91 Å². The summed E-state index contributed by atoms with van der Waals surface area (Å²) in [6, 6.07) is 12.4. The van der Waals surface area contributed by atoms with E-state index in [2.05, 4.69) is 20.6 Å². The summed E-state index contributed by atoms with van der Waals surface area (Å²) in [5, 5.41) is 11.9. The highest BCUT2D eigenvalue weighted by Gasteiger charge is 2.25. The van der Waals surface area contributed by atoms with Crippen molar-refractivity contribution in [3.05, 3.63) is 81.9 Å². The molecule has 0 aliphatic carbocycles. The quantitative estimate of drug-likeness (QED) is 0.491. The van der Waals surface area contributed by atoms with Crippen LogP contribution in [0, 0.1) is 6.92 Å². The summed E-state index contributed by atoms with van der Waals surface area (Å²) in [6.45, 7) is 2.14. The molecule has 29 heavy (non-hydrogen) atoms. The third kappa shape index (κ3) is 4.01. The minimum Gasteiger partial charge on any atom is -0.360 e. The Morgan fingerprint density at radius 1 is 1.14 bits per heavy atom. The standard InChI is InChI=1S/C20H15Cl2N5O2/c1-12-17(19(26-29-12)18-14(21)6-4-7-15(18)22)20(28)24-16-8-10-27(25-16)11-13-5-2-3-9-23-13/h2-10H,11H2,1H3,(H,24,25,28). The summed E-state index contributed by atoms with van der Waals surface area (Å²) < 4.78 is 6.93. The van der Waals surface area contributed by atoms with Gasteiger partial charge < -0.3 is 9.84 Å². The van der Waals surface area contributed by atoms with Crippen molar-refractivity contribution in [3.63, 3.8) is 0 Å². The van der Waals surface area contributed by atoms with Crippen LogP contribution < -0.4 is 5.32 Å². The van der Waals surface area contributed by atoms with Gasteiger partial charge in [-0.3, -0.25) is 14.5 Å². The van der Waals surface area contributed by atoms with Gasteiger partial charge in [0.2, 0.25) is 0 Å². The number of nitrogens with one attached hydrogen (secondary N) is 1. The second-order valence-corrected chi connectivity index (χ2v) is 7.05. The lowest BCUT2D eigenvalue weighted by Gasteiger charge is -2.06. The van der Waals surface area contributed by atoms with Crippen molar-refractivity contribution < 1.29 is 9.32 Å². The summed E-state index contributed by atoms with van der Waals surface area (Å²) in [6.07, 6.45) is 3.48. The van der Waals surface area contributed by atoms with Crippen molar-refractivity contribution in [3.8, 4) is 11.3 Å². The van der Waals surface area contributed by atoms with E-state index in [1.54, 1.807) is 48.3 Å². The van der Waals surface area contributed by atoms with Crippen molar-refractivity contribution in [1.29, 1.82) is 0 Å². The topological polar surface area (TPSA) is 85.8 Å². The number of nitrogens with zero attached hydrogens (tertiary/aromatic N) is 4. The summed E-state index contributed by atoms with van der Waals surface area (Å²) in [4.78, 5) is 17.2. The molecule has 0 fully saturated rings. The van der Waals surface area contributed by atoms with Gasteiger partial charge in [0.1, 0.15) is 17.0 Å². The summed E-state index contributed by atoms with van der Waals surface area (Å²) >= 11 is 12.5. The molecule has 4 aromatic rings. The SMILES string of the molecule is Cc1onc(-c2c(Cl)cccc2Cl)c1C(=O)Nc1ccn(Cc2ccccn2)n1. The van der Waals surface area contributed by atoms with Gasteiger partial charge in [-0.15, -0.1) is 0 Å². The highest BCUT2D eigenvalue weighted by atomic mass is 35.5. The molecule has 0 radical (unpaired) electrons. The number of aryl methyl sites for hydroxylation is 1. The second-order valence-electron chi connectivity index (χ2n) is 6.23. The Bertz CT molecular complexity index is 1150. The van der Waals surface area contributed by atoms with Gasteiger partial charge in [0, 0.05) is 24.0 Å². The van der Waals surface area contributed by atoms with Crippen LogP contribution in [0.3, 0.4) is 0 Å². The highest BCUT2D eigenvalue weighted by molar-refractivity contribution is 6.39. The smallest absolute Gasteiger partial charge is 0.262 e. The Morgan fingerprint density at radius 3 is 2.66 bits per heavy atom. The first-order valence-electron chi connectivity index (χ1n) is 8.68. The minimum absolute atomic E-state index is 0.249. The molecule has 0 bridgehead atoms. The van der Waals surface area contributed by atoms with E-state index in [0.717, 1.165) is 5.69 Å². The fraction of sp³-hybridized carbons (Fsp3) is 0.100. The van der Waals surface area contributed by atoms with Crippen molar-refractivity contribution in [1.82, 2.24) is 19.9 Å². The lowest BCUT2D eigenvalue weighted by molar-refractivity contribution is 0.102. The zero-order valence-electron chi connectivity index (χ0n) is 15.3. The number of benzene rings is 1. The largest absolute Gasteiger partial charge is 0.360 e. The molecule has 1 amide bonds. The first kappa shape index (κ1) is 19.2. The predicted molar refractivity (Wildman–Crippen MR) is 110 cm³/mol. The number of aromatic nitrogens is 4. The van der Waals surface area contributed by atoms with Gasteiger partial charge in [-0.05, 0) is 31.2 Å². The third-order valence-electron chi connectivity index (χ3n) is 4.22. The van der Waals surface area contributed by atoms with Gasteiger partial charge in [0.15, 0.2) is 5.82 Å². The van der Waals surface area contributed by atoms with E-state index in [1.165, 1.54) is 0 Å². The van der Waals surface area contributed by atoms with Crippen molar-refractivity contribution in [2.24, 2.45) is 0 Å². The number of hydrogen-bond acceptors (Lipinski definition) is 5. The summed E-state index contributed by atoms with van der Waals surface area (Å²) in [5.41, 5.74) is 1.83. The zero-order chi connectivity index (χ0) is 20.4. The molecule has 3 aromatic heterocycles. The molecule has 0 saturated heterocycles. The maximum atomic E-state index is 12.9. The number of hydrogen-bond donors (Lipinski definition) is 1. The van der Waals surface area contributed by atoms with Gasteiger partial charge in [-0.25, -0.2) is 0 Å². The van der Waals surface area contributed by atoms with Gasteiger partial charge in [-0.1, -0.05) is 40.5 Å². The van der Waals surface area contributed by atoms with Crippen LogP contribution >= 0.6 is 23.2 Å². The molecule has 7 nitrogen and oxygen atoms in total. The average molecular weight is 428 g/mol. The number of pyridine rings is 1. The van der Waals surface area contributed by atoms with Gasteiger partial charge in [-0.2, -0.15) is 5.10 Å². The van der Waals surface area contributed by atoms with Crippen LogP contribution in [0.15, 0.2) is 59.4 Å². The molecule has 3 heterocycles. The number of carbonyl (C=O) groups excluding carboxylic acids is 1. The molecular weight excluding hydrogens is 413 g/mol. The van der Waals surface area contributed by atoms with Crippen LogP contribution in [0.25, 0.3) is 11.3 Å². The van der Waals surface area contributed by atoms with E-state index >= 15 is 0 Å². The van der Waals surface area contributed by atoms with Crippen LogP contribution in [-0.4, -0.2) is 25.8 Å². The minimum atomic E-state index is -0.419. The van der Waals surface area contributed by atoms with Gasteiger partial charge in [0.25, 0.3) is 5.91 Å². The molecule has 4 rings (SSSR count). The van der Waals surface area contributed by atoms with Crippen molar-refractivity contribution in [2.45, 2.75) is 13.5 Å². The number of halogens is 2. The van der Waals surface area contributed by atoms with E-state index in [4.69, 9.17) is 27.7 Å². The molecule has 0 atom stereocenters. The first-order valence-corrected chi connectivity index (χ1v) is 9.44. The van der Waals surface area contributed by atoms with Crippen LogP contribution in [-0.2, 0) is 6.54 Å². The Hall–Kier alpha value is -3.16. The Labute approximate surface area is 176 Å². The van der Waals surface area contributed by atoms with E-state index in [0.29, 0.717) is 33.7 Å². The highest BCUT2D eigenvalue weighted by Crippen LogP contribution is 2.36. The van der Waals surface area contributed by atoms with E-state index in [9.17, 15) is 4.79 Å². The lowest BCUT2D eigenvalue weighted by atomic mass is 10.1. The molecule has 0 aliphatic heterocycles. The monoisotopic (exact) mass is 427 g/mol. The molecule has 9 heteroatoms. The third-order valence-corrected chi connectivity index (χ3v) is 4.85. The van der Waals surface area contributed by atoms with Crippen LogP contribution in [0.5, 0.6) is 0 Å². The van der Waals surface area contributed by atoms with E-state index in [-0.39, 0.29) is 11.3 Å². The molecular formula is C20H15Cl2N5O2. The van der Waals surface area contributed by atoms with E-state index in [1.807, 2.05) is 18.2 Å². The predicted octanol–water partition coefficient (Wildman–Crippen LogP) is 4.85. The maximum Gasteiger partial charge on any atom is 0.262 e. The Kier molecular flexibility index (Phi) is 5.33. The Balaban J connectivity index is 1.58. The van der Waals surface area contributed by atoms with Crippen LogP contribution in [0.2, 0.25) is 10.0 Å². The zero-order valence-corrected chi connectivity index (χ0v) is 16.8.